The standard InChI is InChI=1S/C14H21BrN2O2S/c1-10-7-8-11(15)9-14(10)20(18,19)17-13-6-4-2-3-5-12(13)16/h7-9,12-13,17H,2-6,16H2,1H3. The smallest absolute Gasteiger partial charge is 0.241 e. The molecular formula is C14H21BrN2O2S. The molecule has 0 spiro atoms. The number of halogens is 1. The number of nitrogens with two attached hydrogens (primary N) is 1. The zero-order valence-electron chi connectivity index (χ0n) is 11.6. The number of hydrogen-bond donors (Lipinski definition) is 2. The Labute approximate surface area is 129 Å². The van der Waals surface area contributed by atoms with E-state index in [2.05, 4.69) is 20.7 Å². The fourth-order valence-corrected chi connectivity index (χ4v) is 4.71. The van der Waals surface area contributed by atoms with E-state index in [9.17, 15) is 8.42 Å². The first kappa shape index (κ1) is 15.9. The van der Waals surface area contributed by atoms with Gasteiger partial charge in [-0.1, -0.05) is 41.3 Å². The SMILES string of the molecule is Cc1ccc(Br)cc1S(=O)(=O)NC1CCCCCC1N. The van der Waals surface area contributed by atoms with Gasteiger partial charge in [-0.25, -0.2) is 13.1 Å². The molecule has 2 unspecified atom stereocenters. The van der Waals surface area contributed by atoms with E-state index in [1.807, 2.05) is 6.07 Å². The zero-order valence-corrected chi connectivity index (χ0v) is 14.0. The predicted octanol–water partition coefficient (Wildman–Crippen LogP) is 2.70. The van der Waals surface area contributed by atoms with Crippen molar-refractivity contribution < 1.29 is 8.42 Å². The summed E-state index contributed by atoms with van der Waals surface area (Å²) in [6.07, 6.45) is 4.92. The lowest BCUT2D eigenvalue weighted by molar-refractivity contribution is 0.456. The summed E-state index contributed by atoms with van der Waals surface area (Å²) in [5.74, 6) is 0. The van der Waals surface area contributed by atoms with Gasteiger partial charge in [0, 0.05) is 16.6 Å². The highest BCUT2D eigenvalue weighted by atomic mass is 79.9. The minimum atomic E-state index is -3.52. The molecule has 0 aromatic heterocycles. The molecule has 2 rings (SSSR count). The van der Waals surface area contributed by atoms with Crippen molar-refractivity contribution in [1.29, 1.82) is 0 Å². The third-order valence-electron chi connectivity index (χ3n) is 3.82. The van der Waals surface area contributed by atoms with Crippen molar-refractivity contribution in [1.82, 2.24) is 4.72 Å². The molecule has 3 N–H and O–H groups in total. The molecule has 0 aliphatic heterocycles. The summed E-state index contributed by atoms with van der Waals surface area (Å²) < 4.78 is 28.6. The van der Waals surface area contributed by atoms with Gasteiger partial charge in [-0.3, -0.25) is 0 Å². The Morgan fingerprint density at radius 1 is 1.25 bits per heavy atom. The van der Waals surface area contributed by atoms with E-state index in [0.29, 0.717) is 4.90 Å². The molecule has 1 saturated carbocycles. The molecule has 1 aromatic carbocycles. The molecule has 1 aromatic rings. The number of sulfonamides is 1. The molecule has 0 amide bonds. The second-order valence-electron chi connectivity index (χ2n) is 5.44. The van der Waals surface area contributed by atoms with Gasteiger partial charge in [-0.15, -0.1) is 0 Å². The second-order valence-corrected chi connectivity index (χ2v) is 8.04. The van der Waals surface area contributed by atoms with E-state index in [1.165, 1.54) is 0 Å². The molecular weight excluding hydrogens is 340 g/mol. The molecule has 1 aliphatic carbocycles. The number of rotatable bonds is 3. The van der Waals surface area contributed by atoms with E-state index in [-0.39, 0.29) is 12.1 Å². The van der Waals surface area contributed by atoms with Crippen LogP contribution in [0.1, 0.15) is 37.7 Å². The normalized spacial score (nSPS) is 24.4. The summed E-state index contributed by atoms with van der Waals surface area (Å²) in [5.41, 5.74) is 6.83. The lowest BCUT2D eigenvalue weighted by Crippen LogP contribution is -2.46. The van der Waals surface area contributed by atoms with Crippen molar-refractivity contribution in [3.05, 3.63) is 28.2 Å². The molecule has 0 bridgehead atoms. The van der Waals surface area contributed by atoms with Crippen LogP contribution in [0.2, 0.25) is 0 Å². The fourth-order valence-electron chi connectivity index (χ4n) is 2.61. The Balaban J connectivity index is 2.24. The number of nitrogens with one attached hydrogen (secondary N) is 1. The monoisotopic (exact) mass is 360 g/mol. The quantitative estimate of drug-likeness (QED) is 0.813. The zero-order chi connectivity index (χ0) is 14.8. The summed E-state index contributed by atoms with van der Waals surface area (Å²) in [7, 11) is -3.52. The Kier molecular flexibility index (Phi) is 5.23. The van der Waals surface area contributed by atoms with Gasteiger partial charge in [-0.05, 0) is 37.5 Å². The van der Waals surface area contributed by atoms with Crippen LogP contribution in [0.25, 0.3) is 0 Å². The van der Waals surface area contributed by atoms with Crippen LogP contribution in [0.5, 0.6) is 0 Å². The van der Waals surface area contributed by atoms with Crippen LogP contribution in [0, 0.1) is 6.92 Å². The third-order valence-corrected chi connectivity index (χ3v) is 5.94. The molecule has 0 saturated heterocycles. The number of aryl methyl sites for hydroxylation is 1. The van der Waals surface area contributed by atoms with Crippen molar-refractivity contribution in [3.8, 4) is 0 Å². The van der Waals surface area contributed by atoms with Crippen LogP contribution in [-0.4, -0.2) is 20.5 Å². The van der Waals surface area contributed by atoms with Crippen LogP contribution in [0.3, 0.4) is 0 Å². The van der Waals surface area contributed by atoms with Crippen molar-refractivity contribution in [2.75, 3.05) is 0 Å². The number of benzene rings is 1. The molecule has 6 heteroatoms. The Hall–Kier alpha value is -0.430. The summed E-state index contributed by atoms with van der Waals surface area (Å²) in [6, 6.07) is 5.01. The van der Waals surface area contributed by atoms with Gasteiger partial charge in [-0.2, -0.15) is 0 Å². The van der Waals surface area contributed by atoms with Crippen LogP contribution >= 0.6 is 15.9 Å². The van der Waals surface area contributed by atoms with E-state index in [0.717, 1.165) is 42.1 Å². The van der Waals surface area contributed by atoms with Gasteiger partial charge >= 0.3 is 0 Å². The Morgan fingerprint density at radius 3 is 2.70 bits per heavy atom. The maximum absolute atomic E-state index is 12.5. The van der Waals surface area contributed by atoms with Gasteiger partial charge in [0.05, 0.1) is 4.90 Å². The van der Waals surface area contributed by atoms with E-state index < -0.39 is 10.0 Å². The largest absolute Gasteiger partial charge is 0.326 e. The molecule has 2 atom stereocenters. The van der Waals surface area contributed by atoms with Crippen molar-refractivity contribution in [2.45, 2.75) is 56.0 Å². The Morgan fingerprint density at radius 2 is 1.95 bits per heavy atom. The van der Waals surface area contributed by atoms with Crippen molar-refractivity contribution in [3.63, 3.8) is 0 Å². The van der Waals surface area contributed by atoms with E-state index in [4.69, 9.17) is 5.73 Å². The molecule has 0 radical (unpaired) electrons. The van der Waals surface area contributed by atoms with Gasteiger partial charge in [0.25, 0.3) is 0 Å². The molecule has 4 nitrogen and oxygen atoms in total. The first-order valence-corrected chi connectivity index (χ1v) is 9.22. The van der Waals surface area contributed by atoms with E-state index >= 15 is 0 Å². The first-order chi connectivity index (χ1) is 9.40. The molecule has 0 heterocycles. The molecule has 20 heavy (non-hydrogen) atoms. The highest BCUT2D eigenvalue weighted by Gasteiger charge is 2.27. The third kappa shape index (κ3) is 3.81. The summed E-state index contributed by atoms with van der Waals surface area (Å²) >= 11 is 3.32. The summed E-state index contributed by atoms with van der Waals surface area (Å²) in [6.45, 7) is 1.80. The topological polar surface area (TPSA) is 72.2 Å². The maximum atomic E-state index is 12.5. The molecule has 112 valence electrons. The average molecular weight is 361 g/mol. The average Bonchev–Trinajstić information content (AvgIpc) is 2.57. The maximum Gasteiger partial charge on any atom is 0.241 e. The summed E-state index contributed by atoms with van der Waals surface area (Å²) in [4.78, 5) is 0.323. The van der Waals surface area contributed by atoms with Gasteiger partial charge in [0.1, 0.15) is 0 Å². The predicted molar refractivity (Wildman–Crippen MR) is 84.0 cm³/mol. The Bertz CT molecular complexity index is 575. The highest BCUT2D eigenvalue weighted by Crippen LogP contribution is 2.23. The van der Waals surface area contributed by atoms with Crippen LogP contribution in [0.15, 0.2) is 27.6 Å². The van der Waals surface area contributed by atoms with Gasteiger partial charge in [0.15, 0.2) is 0 Å². The molecule has 1 aliphatic rings. The highest BCUT2D eigenvalue weighted by molar-refractivity contribution is 9.10. The van der Waals surface area contributed by atoms with Crippen molar-refractivity contribution in [2.24, 2.45) is 5.73 Å². The van der Waals surface area contributed by atoms with E-state index in [1.54, 1.807) is 19.1 Å². The minimum absolute atomic E-state index is 0.0975. The summed E-state index contributed by atoms with van der Waals surface area (Å²) in [5, 5.41) is 0. The van der Waals surface area contributed by atoms with Gasteiger partial charge < -0.3 is 5.73 Å². The lowest BCUT2D eigenvalue weighted by atomic mass is 10.1. The first-order valence-electron chi connectivity index (χ1n) is 6.94. The molecule has 1 fully saturated rings. The second kappa shape index (κ2) is 6.56. The van der Waals surface area contributed by atoms with Gasteiger partial charge in [0.2, 0.25) is 10.0 Å². The minimum Gasteiger partial charge on any atom is -0.326 e. The van der Waals surface area contributed by atoms with Crippen LogP contribution in [-0.2, 0) is 10.0 Å². The lowest BCUT2D eigenvalue weighted by Gasteiger charge is -2.23. The fraction of sp³-hybridized carbons (Fsp3) is 0.571. The number of hydrogen-bond acceptors (Lipinski definition) is 3. The van der Waals surface area contributed by atoms with Crippen molar-refractivity contribution >= 4 is 26.0 Å². The van der Waals surface area contributed by atoms with Crippen LogP contribution in [0.4, 0.5) is 0 Å². The van der Waals surface area contributed by atoms with Crippen LogP contribution < -0.4 is 10.5 Å².